The number of aryl methyl sites for hydroxylation is 1. The molecule has 0 saturated carbocycles. The van der Waals surface area contributed by atoms with E-state index in [0.717, 1.165) is 24.1 Å². The highest BCUT2D eigenvalue weighted by atomic mass is 35.5. The molecule has 2 aromatic heterocycles. The summed E-state index contributed by atoms with van der Waals surface area (Å²) in [6.45, 7) is 8.68. The van der Waals surface area contributed by atoms with E-state index in [0.29, 0.717) is 17.0 Å². The van der Waals surface area contributed by atoms with Crippen molar-refractivity contribution in [2.75, 3.05) is 0 Å². The maximum absolute atomic E-state index is 6.12. The van der Waals surface area contributed by atoms with E-state index in [9.17, 15) is 0 Å². The van der Waals surface area contributed by atoms with Crippen molar-refractivity contribution in [3.8, 4) is 0 Å². The first-order valence-electron chi connectivity index (χ1n) is 7.53. The smallest absolute Gasteiger partial charge is 0.132 e. The molecule has 2 atom stereocenters. The Balaban J connectivity index is 2.03. The Labute approximate surface area is 132 Å². The quantitative estimate of drug-likeness (QED) is 0.688. The summed E-state index contributed by atoms with van der Waals surface area (Å²) in [5.74, 6) is 1.02. The van der Waals surface area contributed by atoms with Crippen LogP contribution in [-0.2, 0) is 0 Å². The van der Waals surface area contributed by atoms with Crippen LogP contribution < -0.4 is 0 Å². The maximum Gasteiger partial charge on any atom is 0.132 e. The second-order valence-corrected chi connectivity index (χ2v) is 6.23. The number of hydrogen-bond donors (Lipinski definition) is 0. The number of rotatable bonds is 5. The third kappa shape index (κ3) is 3.82. The van der Waals surface area contributed by atoms with E-state index in [1.54, 1.807) is 6.20 Å². The van der Waals surface area contributed by atoms with Gasteiger partial charge in [-0.05, 0) is 67.3 Å². The van der Waals surface area contributed by atoms with Gasteiger partial charge in [0.2, 0.25) is 0 Å². The van der Waals surface area contributed by atoms with Crippen LogP contribution >= 0.6 is 11.6 Å². The molecule has 2 unspecified atom stereocenters. The van der Waals surface area contributed by atoms with Gasteiger partial charge in [-0.3, -0.25) is 4.98 Å². The number of halogens is 1. The molecule has 3 heteroatoms. The monoisotopic (exact) mass is 302 g/mol. The summed E-state index contributed by atoms with van der Waals surface area (Å²) in [6.07, 6.45) is 5.94. The molecule has 0 aromatic carbocycles. The van der Waals surface area contributed by atoms with Gasteiger partial charge >= 0.3 is 0 Å². The average Bonchev–Trinajstić information content (AvgIpc) is 2.47. The van der Waals surface area contributed by atoms with Gasteiger partial charge in [0, 0.05) is 18.1 Å². The summed E-state index contributed by atoms with van der Waals surface area (Å²) < 4.78 is 0. The Morgan fingerprint density at radius 3 is 2.29 bits per heavy atom. The van der Waals surface area contributed by atoms with E-state index in [2.05, 4.69) is 49.8 Å². The molecule has 2 nitrogen and oxygen atoms in total. The van der Waals surface area contributed by atoms with Crippen molar-refractivity contribution in [3.63, 3.8) is 0 Å². The van der Waals surface area contributed by atoms with Crippen molar-refractivity contribution >= 4 is 11.6 Å². The predicted octanol–water partition coefficient (Wildman–Crippen LogP) is 5.43. The zero-order valence-corrected chi connectivity index (χ0v) is 14.0. The lowest BCUT2D eigenvalue weighted by Gasteiger charge is -2.19. The third-order valence-electron chi connectivity index (χ3n) is 4.33. The first kappa shape index (κ1) is 16.0. The normalized spacial score (nSPS) is 14.0. The average molecular weight is 303 g/mol. The minimum absolute atomic E-state index is 0.491. The van der Waals surface area contributed by atoms with E-state index in [1.165, 1.54) is 11.1 Å². The van der Waals surface area contributed by atoms with Crippen LogP contribution in [0.1, 0.15) is 60.9 Å². The molecule has 0 aliphatic carbocycles. The summed E-state index contributed by atoms with van der Waals surface area (Å²) in [4.78, 5) is 8.52. The summed E-state index contributed by atoms with van der Waals surface area (Å²) in [5.41, 5.74) is 4.91. The van der Waals surface area contributed by atoms with Crippen molar-refractivity contribution in [2.45, 2.75) is 52.4 Å². The number of aromatic nitrogens is 2. The Hall–Kier alpha value is -1.41. The largest absolute Gasteiger partial charge is 0.261 e. The van der Waals surface area contributed by atoms with E-state index in [4.69, 9.17) is 11.6 Å². The molecule has 0 fully saturated rings. The number of pyridine rings is 2. The number of hydrogen-bond acceptors (Lipinski definition) is 2. The Morgan fingerprint density at radius 1 is 0.952 bits per heavy atom. The van der Waals surface area contributed by atoms with Crippen LogP contribution in [0.25, 0.3) is 0 Å². The van der Waals surface area contributed by atoms with Crippen LogP contribution in [0.15, 0.2) is 30.6 Å². The lowest BCUT2D eigenvalue weighted by atomic mass is 9.88. The summed E-state index contributed by atoms with van der Waals surface area (Å²) in [6, 6.07) is 6.30. The third-order valence-corrected chi connectivity index (χ3v) is 4.71. The fourth-order valence-corrected chi connectivity index (χ4v) is 3.05. The zero-order chi connectivity index (χ0) is 15.4. The van der Waals surface area contributed by atoms with Crippen LogP contribution in [0.5, 0.6) is 0 Å². The predicted molar refractivity (Wildman–Crippen MR) is 89.0 cm³/mol. The van der Waals surface area contributed by atoms with Gasteiger partial charge in [0.1, 0.15) is 5.15 Å². The van der Waals surface area contributed by atoms with Crippen LogP contribution in [0.3, 0.4) is 0 Å². The molecule has 0 saturated heterocycles. The highest BCUT2D eigenvalue weighted by Crippen LogP contribution is 2.31. The first-order valence-corrected chi connectivity index (χ1v) is 7.91. The van der Waals surface area contributed by atoms with Crippen LogP contribution in [0.2, 0.25) is 5.15 Å². The van der Waals surface area contributed by atoms with E-state index < -0.39 is 0 Å². The summed E-state index contributed by atoms with van der Waals surface area (Å²) in [7, 11) is 0. The van der Waals surface area contributed by atoms with Gasteiger partial charge in [0.05, 0.1) is 0 Å². The van der Waals surface area contributed by atoms with E-state index >= 15 is 0 Å². The molecule has 0 aliphatic rings. The second kappa shape index (κ2) is 7.04. The molecule has 2 aromatic rings. The highest BCUT2D eigenvalue weighted by molar-refractivity contribution is 6.30. The molecular formula is C18H23ClN2. The topological polar surface area (TPSA) is 25.8 Å². The van der Waals surface area contributed by atoms with Gasteiger partial charge in [-0.25, -0.2) is 4.98 Å². The summed E-state index contributed by atoms with van der Waals surface area (Å²) >= 11 is 6.12. The molecule has 0 aliphatic heterocycles. The molecule has 0 spiro atoms. The highest BCUT2D eigenvalue weighted by Gasteiger charge is 2.14. The Kier molecular flexibility index (Phi) is 5.35. The van der Waals surface area contributed by atoms with Crippen molar-refractivity contribution in [1.29, 1.82) is 0 Å². The molecule has 0 radical (unpaired) electrons. The van der Waals surface area contributed by atoms with Gasteiger partial charge in [-0.15, -0.1) is 0 Å². The van der Waals surface area contributed by atoms with Gasteiger partial charge in [0.25, 0.3) is 0 Å². The van der Waals surface area contributed by atoms with Crippen molar-refractivity contribution in [3.05, 3.63) is 58.1 Å². The SMILES string of the molecule is Cc1ncccc1C(C)CCC(C)c1ccnc(Cl)c1C. The fourth-order valence-electron chi connectivity index (χ4n) is 2.89. The van der Waals surface area contributed by atoms with Gasteiger partial charge in [-0.2, -0.15) is 0 Å². The van der Waals surface area contributed by atoms with Crippen LogP contribution in [0.4, 0.5) is 0 Å². The molecule has 2 rings (SSSR count). The van der Waals surface area contributed by atoms with Crippen molar-refractivity contribution in [1.82, 2.24) is 9.97 Å². The first-order chi connectivity index (χ1) is 10.0. The lowest BCUT2D eigenvalue weighted by molar-refractivity contribution is 0.569. The Morgan fingerprint density at radius 2 is 1.62 bits per heavy atom. The standard InChI is InChI=1S/C18H23ClN2/c1-12(16-9-11-21-18(19)14(16)3)7-8-13(2)17-6-5-10-20-15(17)4/h5-6,9-13H,7-8H2,1-4H3. The maximum atomic E-state index is 6.12. The van der Waals surface area contributed by atoms with E-state index in [1.807, 2.05) is 12.3 Å². The molecule has 0 N–H and O–H groups in total. The van der Waals surface area contributed by atoms with Crippen LogP contribution in [0, 0.1) is 13.8 Å². The molecular weight excluding hydrogens is 280 g/mol. The molecule has 0 amide bonds. The Bertz CT molecular complexity index is 610. The lowest BCUT2D eigenvalue weighted by Crippen LogP contribution is -2.03. The second-order valence-electron chi connectivity index (χ2n) is 5.87. The fraction of sp³-hybridized carbons (Fsp3) is 0.444. The minimum atomic E-state index is 0.491. The van der Waals surface area contributed by atoms with Crippen molar-refractivity contribution in [2.24, 2.45) is 0 Å². The summed E-state index contributed by atoms with van der Waals surface area (Å²) in [5, 5.41) is 0.621. The number of nitrogens with zero attached hydrogens (tertiary/aromatic N) is 2. The van der Waals surface area contributed by atoms with Gasteiger partial charge < -0.3 is 0 Å². The van der Waals surface area contributed by atoms with E-state index in [-0.39, 0.29) is 0 Å². The minimum Gasteiger partial charge on any atom is -0.261 e. The van der Waals surface area contributed by atoms with Crippen LogP contribution in [-0.4, -0.2) is 9.97 Å². The molecule has 0 bridgehead atoms. The molecule has 21 heavy (non-hydrogen) atoms. The zero-order valence-electron chi connectivity index (χ0n) is 13.2. The molecule has 2 heterocycles. The van der Waals surface area contributed by atoms with Gasteiger partial charge in [0.15, 0.2) is 0 Å². The molecule has 112 valence electrons. The van der Waals surface area contributed by atoms with Gasteiger partial charge in [-0.1, -0.05) is 31.5 Å². The van der Waals surface area contributed by atoms with Crippen molar-refractivity contribution < 1.29 is 0 Å².